The monoisotopic (exact) mass is 589 g/mol. The maximum Gasteiger partial charge on any atom is 0.351 e. The molecule has 226 valence electrons. The second-order valence-corrected chi connectivity index (χ2v) is 9.97. The van der Waals surface area contributed by atoms with Crippen molar-refractivity contribution in [2.75, 3.05) is 39.8 Å². The van der Waals surface area contributed by atoms with E-state index < -0.39 is 35.8 Å². The van der Waals surface area contributed by atoms with Gasteiger partial charge >= 0.3 is 5.69 Å². The van der Waals surface area contributed by atoms with Gasteiger partial charge in [0.15, 0.2) is 6.23 Å². The Bertz CT molecular complexity index is 1480. The maximum absolute atomic E-state index is 12.7. The molecule has 11 heteroatoms. The van der Waals surface area contributed by atoms with E-state index in [1.54, 1.807) is 14.2 Å². The molecule has 43 heavy (non-hydrogen) atoms. The highest BCUT2D eigenvalue weighted by Crippen LogP contribution is 2.43. The van der Waals surface area contributed by atoms with Gasteiger partial charge in [-0.25, -0.2) is 4.79 Å². The zero-order valence-corrected chi connectivity index (χ0v) is 23.9. The van der Waals surface area contributed by atoms with Gasteiger partial charge in [-0.3, -0.25) is 4.57 Å². The minimum atomic E-state index is -1.21. The number of hydrogen-bond donors (Lipinski definition) is 3. The van der Waals surface area contributed by atoms with Gasteiger partial charge in [0.25, 0.3) is 0 Å². The fraction of sp³-hybridized carbons (Fsp3) is 0.312. The molecule has 0 amide bonds. The quantitative estimate of drug-likeness (QED) is 0.211. The van der Waals surface area contributed by atoms with Crippen molar-refractivity contribution in [3.63, 3.8) is 0 Å². The molecular weight excluding hydrogens is 554 g/mol. The summed E-state index contributed by atoms with van der Waals surface area (Å²) in [6.07, 6.45) is -2.72. The summed E-state index contributed by atoms with van der Waals surface area (Å²) in [6.45, 7) is -0.448. The molecular formula is C32H35N3O8. The zero-order chi connectivity index (χ0) is 30.4. The first-order valence-electron chi connectivity index (χ1n) is 13.8. The number of aromatic nitrogens is 2. The van der Waals surface area contributed by atoms with Gasteiger partial charge in [-0.05, 0) is 47.0 Å². The van der Waals surface area contributed by atoms with Crippen LogP contribution >= 0.6 is 0 Å². The molecule has 1 fully saturated rings. The number of hydrogen-bond acceptors (Lipinski definition) is 10. The highest BCUT2D eigenvalue weighted by molar-refractivity contribution is 5.49. The molecule has 0 unspecified atom stereocenters. The molecule has 1 saturated heterocycles. The van der Waals surface area contributed by atoms with Crippen LogP contribution in [0.4, 0.5) is 5.82 Å². The molecule has 0 bridgehead atoms. The number of aliphatic hydroxyl groups excluding tert-OH is 2. The Morgan fingerprint density at radius 1 is 0.907 bits per heavy atom. The molecule has 4 aromatic rings. The van der Waals surface area contributed by atoms with Crippen molar-refractivity contribution in [3.05, 3.63) is 118 Å². The molecule has 0 radical (unpaired) electrons. The molecule has 1 aromatic heterocycles. The van der Waals surface area contributed by atoms with Crippen LogP contribution < -0.4 is 20.9 Å². The Morgan fingerprint density at radius 3 is 2.02 bits per heavy atom. The summed E-state index contributed by atoms with van der Waals surface area (Å²) in [5.74, 6) is 1.42. The van der Waals surface area contributed by atoms with Gasteiger partial charge in [0.2, 0.25) is 0 Å². The summed E-state index contributed by atoms with van der Waals surface area (Å²) >= 11 is 0. The molecule has 0 spiro atoms. The fourth-order valence-electron chi connectivity index (χ4n) is 5.35. The molecule has 1 aliphatic rings. The average molecular weight is 590 g/mol. The Labute approximate surface area is 249 Å². The van der Waals surface area contributed by atoms with Gasteiger partial charge in [-0.2, -0.15) is 4.98 Å². The second-order valence-electron chi connectivity index (χ2n) is 9.97. The molecule has 0 aliphatic carbocycles. The number of nitrogens with zero attached hydrogens (tertiary/aromatic N) is 2. The van der Waals surface area contributed by atoms with Crippen molar-refractivity contribution >= 4 is 5.82 Å². The smallest absolute Gasteiger partial charge is 0.351 e. The Morgan fingerprint density at radius 2 is 1.49 bits per heavy atom. The van der Waals surface area contributed by atoms with Crippen LogP contribution in [-0.4, -0.2) is 72.1 Å². The molecule has 5 rings (SSSR count). The number of benzene rings is 3. The van der Waals surface area contributed by atoms with Crippen LogP contribution in [0, 0.1) is 0 Å². The molecule has 2 heterocycles. The highest BCUT2D eigenvalue weighted by atomic mass is 16.6. The van der Waals surface area contributed by atoms with Crippen molar-refractivity contribution in [2.45, 2.75) is 30.1 Å². The average Bonchev–Trinajstić information content (AvgIpc) is 3.35. The number of nitrogen functional groups attached to an aromatic ring is 1. The maximum atomic E-state index is 12.7. The van der Waals surface area contributed by atoms with Crippen LogP contribution in [0.15, 0.2) is 95.9 Å². The summed E-state index contributed by atoms with van der Waals surface area (Å²) in [7, 11) is 3.21. The van der Waals surface area contributed by atoms with E-state index in [0.717, 1.165) is 16.7 Å². The Balaban J connectivity index is 1.56. The van der Waals surface area contributed by atoms with Crippen molar-refractivity contribution in [1.29, 1.82) is 0 Å². The summed E-state index contributed by atoms with van der Waals surface area (Å²) < 4.78 is 30.9. The number of ether oxygens (including phenoxy) is 5. The zero-order valence-electron chi connectivity index (χ0n) is 23.9. The third-order valence-corrected chi connectivity index (χ3v) is 7.48. The number of methoxy groups -OCH3 is 2. The van der Waals surface area contributed by atoms with Gasteiger partial charge in [0.05, 0.1) is 34.0 Å². The van der Waals surface area contributed by atoms with Crippen molar-refractivity contribution in [1.82, 2.24) is 9.55 Å². The lowest BCUT2D eigenvalue weighted by Gasteiger charge is -2.37. The van der Waals surface area contributed by atoms with E-state index in [-0.39, 0.29) is 25.6 Å². The van der Waals surface area contributed by atoms with E-state index in [1.165, 1.54) is 16.8 Å². The van der Waals surface area contributed by atoms with E-state index in [0.29, 0.717) is 11.5 Å². The van der Waals surface area contributed by atoms with E-state index >= 15 is 0 Å². The summed E-state index contributed by atoms with van der Waals surface area (Å²) in [5.41, 5.74) is 6.31. The van der Waals surface area contributed by atoms with E-state index in [2.05, 4.69) is 4.98 Å². The number of aliphatic hydroxyl groups is 2. The summed E-state index contributed by atoms with van der Waals surface area (Å²) in [5, 5.41) is 20.8. The highest BCUT2D eigenvalue weighted by Gasteiger charge is 2.48. The SMILES string of the molecule is COc1ccc(C(OC[C@H]2O[C@@H](n3ccc(N)nc3=O)[C@H](OCCO)[C@@H]2O)(c2ccccc2)c2ccc(OC)cc2)cc1. The van der Waals surface area contributed by atoms with E-state index in [1.807, 2.05) is 78.9 Å². The number of anilines is 1. The van der Waals surface area contributed by atoms with Gasteiger partial charge in [0.1, 0.15) is 41.2 Å². The molecule has 0 saturated carbocycles. The molecule has 3 aromatic carbocycles. The topological polar surface area (TPSA) is 148 Å². The number of rotatable bonds is 12. The molecule has 4 atom stereocenters. The summed E-state index contributed by atoms with van der Waals surface area (Å²) in [4.78, 5) is 16.5. The standard InChI is InChI=1S/C32H35N3O8/c1-39-24-12-8-22(9-13-24)32(21-6-4-3-5-7-21,23-10-14-25(40-2)15-11-23)42-20-26-28(37)29(41-19-18-36)30(43-26)35-17-16-27(33)34-31(35)38/h3-17,26,28-30,36-37H,18-20H2,1-2H3,(H2,33,34,38)/t26-,28-,29-,30-/m1/s1. The first-order chi connectivity index (χ1) is 20.9. The number of nitrogens with two attached hydrogens (primary N) is 1. The summed E-state index contributed by atoms with van der Waals surface area (Å²) in [6, 6.07) is 26.3. The predicted octanol–water partition coefficient (Wildman–Crippen LogP) is 2.49. The predicted molar refractivity (Wildman–Crippen MR) is 158 cm³/mol. The first kappa shape index (κ1) is 30.2. The minimum absolute atomic E-state index is 0.0548. The lowest BCUT2D eigenvalue weighted by molar-refractivity contribution is -0.0989. The fourth-order valence-corrected chi connectivity index (χ4v) is 5.35. The Hall–Kier alpha value is -4.26. The van der Waals surface area contributed by atoms with Gasteiger partial charge in [-0.1, -0.05) is 54.6 Å². The third-order valence-electron chi connectivity index (χ3n) is 7.48. The van der Waals surface area contributed by atoms with Crippen molar-refractivity contribution < 1.29 is 33.9 Å². The van der Waals surface area contributed by atoms with Crippen LogP contribution in [-0.2, 0) is 19.8 Å². The second kappa shape index (κ2) is 13.4. The molecule has 1 aliphatic heterocycles. The third kappa shape index (κ3) is 6.12. The largest absolute Gasteiger partial charge is 0.497 e. The van der Waals surface area contributed by atoms with Crippen LogP contribution in [0.1, 0.15) is 22.9 Å². The van der Waals surface area contributed by atoms with E-state index in [9.17, 15) is 15.0 Å². The van der Waals surface area contributed by atoms with Gasteiger partial charge < -0.3 is 39.6 Å². The van der Waals surface area contributed by atoms with Crippen LogP contribution in [0.5, 0.6) is 11.5 Å². The van der Waals surface area contributed by atoms with Crippen LogP contribution in [0.3, 0.4) is 0 Å². The van der Waals surface area contributed by atoms with Crippen LogP contribution in [0.25, 0.3) is 0 Å². The lowest BCUT2D eigenvalue weighted by atomic mass is 9.80. The minimum Gasteiger partial charge on any atom is -0.497 e. The lowest BCUT2D eigenvalue weighted by Crippen LogP contribution is -2.41. The van der Waals surface area contributed by atoms with Crippen molar-refractivity contribution in [2.24, 2.45) is 0 Å². The van der Waals surface area contributed by atoms with Crippen LogP contribution in [0.2, 0.25) is 0 Å². The first-order valence-corrected chi connectivity index (χ1v) is 13.8. The normalized spacial score (nSPS) is 20.2. The van der Waals surface area contributed by atoms with Gasteiger partial charge in [-0.15, -0.1) is 0 Å². The molecule has 4 N–H and O–H groups in total. The van der Waals surface area contributed by atoms with Crippen molar-refractivity contribution in [3.8, 4) is 11.5 Å². The Kier molecular flexibility index (Phi) is 9.39. The molecule has 11 nitrogen and oxygen atoms in total. The van der Waals surface area contributed by atoms with E-state index in [4.69, 9.17) is 29.4 Å². The van der Waals surface area contributed by atoms with Gasteiger partial charge in [0, 0.05) is 6.20 Å².